The highest BCUT2D eigenvalue weighted by atomic mass is 16.5. The number of amides is 3. The fraction of sp³-hybridized carbons (Fsp3) is 0.850. The second-order valence-corrected chi connectivity index (χ2v) is 10.6. The van der Waals surface area contributed by atoms with Gasteiger partial charge < -0.3 is 20.3 Å². The topological polar surface area (TPSA) is 87.7 Å². The maximum atomic E-state index is 13.4. The average Bonchev–Trinajstić information content (AvgIpc) is 2.85. The van der Waals surface area contributed by atoms with E-state index in [2.05, 4.69) is 24.5 Å². The summed E-state index contributed by atoms with van der Waals surface area (Å²) < 4.78 is 4.98. The van der Waals surface area contributed by atoms with Crippen LogP contribution < -0.4 is 10.6 Å². The SMILES string of the molecule is COC(=O)C1C2C(CN1C(=O)C(NC(=O)NC(C)(C)C)C(C)(C)C)C2(C)C. The van der Waals surface area contributed by atoms with Crippen LogP contribution in [0.25, 0.3) is 0 Å². The number of nitrogens with zero attached hydrogens (tertiary/aromatic N) is 1. The fourth-order valence-corrected chi connectivity index (χ4v) is 4.23. The van der Waals surface area contributed by atoms with Crippen LogP contribution in [0.1, 0.15) is 55.4 Å². The lowest BCUT2D eigenvalue weighted by molar-refractivity contribution is -0.154. The second-order valence-electron chi connectivity index (χ2n) is 10.6. The minimum Gasteiger partial charge on any atom is -0.467 e. The molecule has 1 saturated carbocycles. The Hall–Kier alpha value is -1.79. The van der Waals surface area contributed by atoms with E-state index in [0.29, 0.717) is 6.54 Å². The first-order valence-electron chi connectivity index (χ1n) is 9.58. The van der Waals surface area contributed by atoms with Gasteiger partial charge in [0.2, 0.25) is 5.91 Å². The third-order valence-electron chi connectivity index (χ3n) is 5.81. The first-order valence-corrected chi connectivity index (χ1v) is 9.58. The lowest BCUT2D eigenvalue weighted by Crippen LogP contribution is -2.60. The van der Waals surface area contributed by atoms with Crippen molar-refractivity contribution in [3.05, 3.63) is 0 Å². The van der Waals surface area contributed by atoms with Gasteiger partial charge in [-0.05, 0) is 37.5 Å². The van der Waals surface area contributed by atoms with Gasteiger partial charge in [-0.15, -0.1) is 0 Å². The van der Waals surface area contributed by atoms with Gasteiger partial charge in [-0.2, -0.15) is 0 Å². The summed E-state index contributed by atoms with van der Waals surface area (Å²) in [5, 5.41) is 5.66. The van der Waals surface area contributed by atoms with Crippen molar-refractivity contribution in [2.75, 3.05) is 13.7 Å². The molecule has 1 aliphatic carbocycles. The maximum Gasteiger partial charge on any atom is 0.328 e. The Morgan fingerprint density at radius 1 is 1.11 bits per heavy atom. The number of fused-ring (bicyclic) bond motifs is 1. The minimum atomic E-state index is -0.743. The molecule has 7 nitrogen and oxygen atoms in total. The predicted molar refractivity (Wildman–Crippen MR) is 103 cm³/mol. The smallest absolute Gasteiger partial charge is 0.328 e. The lowest BCUT2D eigenvalue weighted by atomic mass is 9.85. The molecule has 27 heavy (non-hydrogen) atoms. The number of piperidine rings is 1. The van der Waals surface area contributed by atoms with Crippen LogP contribution in [0.4, 0.5) is 4.79 Å². The molecule has 4 unspecified atom stereocenters. The Bertz CT molecular complexity index is 630. The van der Waals surface area contributed by atoms with Crippen LogP contribution in [-0.4, -0.2) is 54.1 Å². The van der Waals surface area contributed by atoms with E-state index in [0.717, 1.165) is 0 Å². The third kappa shape index (κ3) is 4.22. The molecule has 2 N–H and O–H groups in total. The fourth-order valence-electron chi connectivity index (χ4n) is 4.23. The van der Waals surface area contributed by atoms with Crippen molar-refractivity contribution in [3.8, 4) is 0 Å². The number of esters is 1. The van der Waals surface area contributed by atoms with Crippen molar-refractivity contribution in [1.82, 2.24) is 15.5 Å². The first kappa shape index (κ1) is 21.5. The summed E-state index contributed by atoms with van der Waals surface area (Å²) in [4.78, 5) is 39.8. The Labute approximate surface area is 162 Å². The van der Waals surface area contributed by atoms with E-state index < -0.39 is 29.1 Å². The number of carbonyl (C=O) groups is 3. The van der Waals surface area contributed by atoms with Gasteiger partial charge in [0.15, 0.2) is 0 Å². The van der Waals surface area contributed by atoms with E-state index in [1.165, 1.54) is 7.11 Å². The second kappa shape index (κ2) is 6.67. The van der Waals surface area contributed by atoms with Crippen molar-refractivity contribution in [1.29, 1.82) is 0 Å². The monoisotopic (exact) mass is 381 g/mol. The van der Waals surface area contributed by atoms with Crippen LogP contribution in [0.3, 0.4) is 0 Å². The average molecular weight is 382 g/mol. The predicted octanol–water partition coefficient (Wildman–Crippen LogP) is 2.15. The van der Waals surface area contributed by atoms with Crippen LogP contribution in [-0.2, 0) is 14.3 Å². The summed E-state index contributed by atoms with van der Waals surface area (Å²) >= 11 is 0. The third-order valence-corrected chi connectivity index (χ3v) is 5.81. The van der Waals surface area contributed by atoms with E-state index >= 15 is 0 Å². The molecule has 0 bridgehead atoms. The molecule has 2 rings (SSSR count). The van der Waals surface area contributed by atoms with E-state index in [-0.39, 0.29) is 29.1 Å². The first-order chi connectivity index (χ1) is 12.1. The number of likely N-dealkylation sites (tertiary alicyclic amines) is 1. The summed E-state index contributed by atoms with van der Waals surface area (Å²) in [5.41, 5.74) is -0.886. The summed E-state index contributed by atoms with van der Waals surface area (Å²) in [6.07, 6.45) is 0. The summed E-state index contributed by atoms with van der Waals surface area (Å²) in [5.74, 6) is -0.217. The van der Waals surface area contributed by atoms with Crippen LogP contribution in [0, 0.1) is 22.7 Å². The van der Waals surface area contributed by atoms with Crippen molar-refractivity contribution >= 4 is 17.9 Å². The Balaban J connectivity index is 2.23. The van der Waals surface area contributed by atoms with E-state index in [4.69, 9.17) is 4.74 Å². The van der Waals surface area contributed by atoms with E-state index in [1.807, 2.05) is 41.5 Å². The van der Waals surface area contributed by atoms with Gasteiger partial charge in [-0.1, -0.05) is 34.6 Å². The van der Waals surface area contributed by atoms with Crippen molar-refractivity contribution in [2.45, 2.75) is 73.0 Å². The number of hydrogen-bond acceptors (Lipinski definition) is 4. The zero-order chi connectivity index (χ0) is 20.9. The zero-order valence-corrected chi connectivity index (χ0v) is 18.1. The molecule has 0 spiro atoms. The van der Waals surface area contributed by atoms with E-state index in [9.17, 15) is 14.4 Å². The number of urea groups is 1. The highest BCUT2D eigenvalue weighted by molar-refractivity contribution is 5.92. The number of ether oxygens (including phenoxy) is 1. The molecule has 7 heteroatoms. The quantitative estimate of drug-likeness (QED) is 0.733. The standard InChI is InChI=1S/C20H35N3O4/c1-18(2,3)14(21-17(26)22-19(4,5)6)15(24)23-10-11-12(20(11,7)8)13(23)16(25)27-9/h11-14H,10H2,1-9H3,(H2,21,22,26). The molecule has 2 aliphatic rings. The molecular weight excluding hydrogens is 346 g/mol. The lowest BCUT2D eigenvalue weighted by Gasteiger charge is -2.37. The van der Waals surface area contributed by atoms with Crippen molar-refractivity contribution < 1.29 is 19.1 Å². The Morgan fingerprint density at radius 3 is 2.11 bits per heavy atom. The zero-order valence-electron chi connectivity index (χ0n) is 18.1. The van der Waals surface area contributed by atoms with Gasteiger partial charge >= 0.3 is 12.0 Å². The van der Waals surface area contributed by atoms with Crippen LogP contribution in [0.5, 0.6) is 0 Å². The van der Waals surface area contributed by atoms with Gasteiger partial charge in [0, 0.05) is 18.0 Å². The number of hydrogen-bond donors (Lipinski definition) is 2. The summed E-state index contributed by atoms with van der Waals surface area (Å²) in [6, 6.07) is -1.72. The molecular formula is C20H35N3O4. The molecule has 1 saturated heterocycles. The molecule has 3 amide bonds. The highest BCUT2D eigenvalue weighted by Crippen LogP contribution is 2.65. The van der Waals surface area contributed by atoms with Gasteiger partial charge in [0.25, 0.3) is 0 Å². The number of nitrogens with one attached hydrogen (secondary N) is 2. The molecule has 154 valence electrons. The molecule has 2 fully saturated rings. The Morgan fingerprint density at radius 2 is 1.67 bits per heavy atom. The van der Waals surface area contributed by atoms with Crippen LogP contribution >= 0.6 is 0 Å². The number of carbonyl (C=O) groups excluding carboxylic acids is 3. The summed E-state index contributed by atoms with van der Waals surface area (Å²) in [7, 11) is 1.35. The van der Waals surface area contributed by atoms with Crippen molar-refractivity contribution in [2.24, 2.45) is 22.7 Å². The summed E-state index contributed by atoms with van der Waals surface area (Å²) in [6.45, 7) is 16.1. The molecule has 4 atom stereocenters. The minimum absolute atomic E-state index is 0.0317. The molecule has 1 aliphatic heterocycles. The Kier molecular flexibility index (Phi) is 5.32. The molecule has 0 aromatic heterocycles. The molecule has 1 heterocycles. The van der Waals surface area contributed by atoms with Crippen LogP contribution in [0.2, 0.25) is 0 Å². The highest BCUT2D eigenvalue weighted by Gasteiger charge is 2.70. The largest absolute Gasteiger partial charge is 0.467 e. The van der Waals surface area contributed by atoms with Crippen LogP contribution in [0.15, 0.2) is 0 Å². The molecule has 0 aromatic rings. The van der Waals surface area contributed by atoms with E-state index in [1.54, 1.807) is 4.90 Å². The van der Waals surface area contributed by atoms with Gasteiger partial charge in [0.1, 0.15) is 12.1 Å². The van der Waals surface area contributed by atoms with Crippen molar-refractivity contribution in [3.63, 3.8) is 0 Å². The van der Waals surface area contributed by atoms with Gasteiger partial charge in [-0.25, -0.2) is 9.59 Å². The maximum absolute atomic E-state index is 13.4. The number of methoxy groups -OCH3 is 1. The normalized spacial score (nSPS) is 27.4. The molecule has 0 aromatic carbocycles. The number of rotatable bonds is 3. The van der Waals surface area contributed by atoms with Gasteiger partial charge in [-0.3, -0.25) is 4.79 Å². The molecule has 0 radical (unpaired) electrons. The van der Waals surface area contributed by atoms with Gasteiger partial charge in [0.05, 0.1) is 7.11 Å².